The molecule has 1 heterocycles. The summed E-state index contributed by atoms with van der Waals surface area (Å²) in [5.41, 5.74) is 0.615. The van der Waals surface area contributed by atoms with Gasteiger partial charge in [0.15, 0.2) is 0 Å². The molecule has 0 aliphatic heterocycles. The number of ether oxygens (including phenoxy) is 1. The molecule has 0 saturated heterocycles. The van der Waals surface area contributed by atoms with Crippen LogP contribution in [-0.4, -0.2) is 31.7 Å². The Balaban J connectivity index is 2.33. The highest BCUT2D eigenvalue weighted by atomic mass is 16.6. The highest BCUT2D eigenvalue weighted by molar-refractivity contribution is 5.40. The number of nitrogens with zero attached hydrogens (tertiary/aromatic N) is 5. The molecule has 0 N–H and O–H groups in total. The van der Waals surface area contributed by atoms with E-state index in [1.54, 1.807) is 12.1 Å². The van der Waals surface area contributed by atoms with Crippen molar-refractivity contribution in [2.24, 2.45) is 0 Å². The summed E-state index contributed by atoms with van der Waals surface area (Å²) in [7, 11) is 0. The first-order valence-corrected chi connectivity index (χ1v) is 4.88. The summed E-state index contributed by atoms with van der Waals surface area (Å²) in [4.78, 5) is 10.0. The van der Waals surface area contributed by atoms with Crippen LogP contribution >= 0.6 is 0 Å². The lowest BCUT2D eigenvalue weighted by Gasteiger charge is -2.03. The van der Waals surface area contributed by atoms with Crippen LogP contribution in [0.2, 0.25) is 0 Å². The molecule has 0 saturated carbocycles. The number of nitro benzene ring substituents is 1. The van der Waals surface area contributed by atoms with E-state index in [1.807, 2.05) is 6.92 Å². The normalized spacial score (nSPS) is 10.2. The number of hydrogen-bond acceptors (Lipinski definition) is 6. The molecule has 0 amide bonds. The van der Waals surface area contributed by atoms with Gasteiger partial charge in [0.1, 0.15) is 0 Å². The predicted octanol–water partition coefficient (Wildman–Crippen LogP) is 0.969. The van der Waals surface area contributed by atoms with E-state index in [0.717, 1.165) is 0 Å². The summed E-state index contributed by atoms with van der Waals surface area (Å²) in [5.74, 6) is 0. The molecule has 2 aromatic rings. The van der Waals surface area contributed by atoms with Crippen LogP contribution in [0.15, 0.2) is 24.3 Å². The van der Waals surface area contributed by atoms with Crippen LogP contribution < -0.4 is 4.74 Å². The zero-order chi connectivity index (χ0) is 12.3. The van der Waals surface area contributed by atoms with Crippen LogP contribution in [-0.2, 0) is 0 Å². The number of rotatable bonds is 4. The lowest BCUT2D eigenvalue weighted by molar-refractivity contribution is -0.384. The molecule has 8 heteroatoms. The van der Waals surface area contributed by atoms with Gasteiger partial charge in [-0.2, -0.15) is 4.68 Å². The van der Waals surface area contributed by atoms with Crippen LogP contribution in [0.3, 0.4) is 0 Å². The first-order chi connectivity index (χ1) is 8.22. The topological polar surface area (TPSA) is 96.0 Å². The van der Waals surface area contributed by atoms with Crippen LogP contribution in [0, 0.1) is 10.1 Å². The maximum atomic E-state index is 10.5. The molecule has 1 aromatic heterocycles. The largest absolute Gasteiger partial charge is 0.463 e. The summed E-state index contributed by atoms with van der Waals surface area (Å²) >= 11 is 0. The third-order valence-corrected chi connectivity index (χ3v) is 2.02. The fourth-order valence-corrected chi connectivity index (χ4v) is 1.28. The molecule has 0 aliphatic rings. The van der Waals surface area contributed by atoms with Gasteiger partial charge in [0.05, 0.1) is 17.2 Å². The molecular formula is C9H9N5O3. The van der Waals surface area contributed by atoms with E-state index >= 15 is 0 Å². The van der Waals surface area contributed by atoms with Crippen LogP contribution in [0.25, 0.3) is 5.69 Å². The average molecular weight is 235 g/mol. The van der Waals surface area contributed by atoms with Crippen molar-refractivity contribution in [1.29, 1.82) is 0 Å². The first kappa shape index (κ1) is 11.0. The van der Waals surface area contributed by atoms with Gasteiger partial charge in [0.25, 0.3) is 5.69 Å². The van der Waals surface area contributed by atoms with Gasteiger partial charge in [0.2, 0.25) is 0 Å². The summed E-state index contributed by atoms with van der Waals surface area (Å²) in [6.07, 6.45) is 0. The molecular weight excluding hydrogens is 226 g/mol. The molecule has 0 aliphatic carbocycles. The number of non-ortho nitro benzene ring substituents is 1. The third kappa shape index (κ3) is 2.19. The smallest absolute Gasteiger partial charge is 0.340 e. The maximum absolute atomic E-state index is 10.5. The molecule has 0 fully saturated rings. The SMILES string of the molecule is CCOc1nnnn1-c1ccc([N+](=O)[O-])cc1. The van der Waals surface area contributed by atoms with Gasteiger partial charge in [-0.05, 0) is 29.5 Å². The Hall–Kier alpha value is -2.51. The molecule has 8 nitrogen and oxygen atoms in total. The molecule has 88 valence electrons. The van der Waals surface area contributed by atoms with Gasteiger partial charge < -0.3 is 4.74 Å². The minimum atomic E-state index is -0.465. The zero-order valence-corrected chi connectivity index (χ0v) is 8.98. The minimum absolute atomic E-state index is 0.0137. The molecule has 0 unspecified atom stereocenters. The van der Waals surface area contributed by atoms with Crippen molar-refractivity contribution < 1.29 is 9.66 Å². The Morgan fingerprint density at radius 1 is 1.41 bits per heavy atom. The lowest BCUT2D eigenvalue weighted by Crippen LogP contribution is -2.03. The van der Waals surface area contributed by atoms with Crippen LogP contribution in [0.1, 0.15) is 6.92 Å². The number of nitro groups is 1. The highest BCUT2D eigenvalue weighted by Crippen LogP contribution is 2.17. The zero-order valence-electron chi connectivity index (χ0n) is 8.98. The van der Waals surface area contributed by atoms with Gasteiger partial charge >= 0.3 is 6.01 Å². The van der Waals surface area contributed by atoms with E-state index in [2.05, 4.69) is 15.5 Å². The summed E-state index contributed by atoms with van der Waals surface area (Å²) < 4.78 is 6.57. The number of aromatic nitrogens is 4. The molecule has 1 aromatic carbocycles. The average Bonchev–Trinajstić information content (AvgIpc) is 2.78. The quantitative estimate of drug-likeness (QED) is 0.578. The Kier molecular flexibility index (Phi) is 2.95. The number of benzene rings is 1. The second kappa shape index (κ2) is 4.56. The predicted molar refractivity (Wildman–Crippen MR) is 57.0 cm³/mol. The van der Waals surface area contributed by atoms with E-state index < -0.39 is 4.92 Å². The third-order valence-electron chi connectivity index (χ3n) is 2.02. The highest BCUT2D eigenvalue weighted by Gasteiger charge is 2.10. The summed E-state index contributed by atoms with van der Waals surface area (Å²) in [5, 5.41) is 21.4. The summed E-state index contributed by atoms with van der Waals surface area (Å²) in [6, 6.07) is 6.12. The van der Waals surface area contributed by atoms with Gasteiger partial charge in [-0.1, -0.05) is 5.10 Å². The fraction of sp³-hybridized carbons (Fsp3) is 0.222. The summed E-state index contributed by atoms with van der Waals surface area (Å²) in [6.45, 7) is 2.25. The van der Waals surface area contributed by atoms with Gasteiger partial charge in [0, 0.05) is 12.1 Å². The Morgan fingerprint density at radius 3 is 2.71 bits per heavy atom. The van der Waals surface area contributed by atoms with Crippen molar-refractivity contribution in [1.82, 2.24) is 20.2 Å². The molecule has 0 bridgehead atoms. The van der Waals surface area contributed by atoms with Crippen molar-refractivity contribution in [3.63, 3.8) is 0 Å². The van der Waals surface area contributed by atoms with E-state index in [4.69, 9.17) is 4.74 Å². The second-order valence-electron chi connectivity index (χ2n) is 3.08. The lowest BCUT2D eigenvalue weighted by atomic mass is 10.3. The van der Waals surface area contributed by atoms with Gasteiger partial charge in [-0.25, -0.2) is 0 Å². The molecule has 0 radical (unpaired) electrons. The van der Waals surface area contributed by atoms with E-state index in [0.29, 0.717) is 12.3 Å². The van der Waals surface area contributed by atoms with Crippen molar-refractivity contribution in [2.45, 2.75) is 6.92 Å². The van der Waals surface area contributed by atoms with Crippen molar-refractivity contribution in [2.75, 3.05) is 6.61 Å². The molecule has 17 heavy (non-hydrogen) atoms. The first-order valence-electron chi connectivity index (χ1n) is 4.88. The second-order valence-corrected chi connectivity index (χ2v) is 3.08. The van der Waals surface area contributed by atoms with E-state index in [-0.39, 0.29) is 11.7 Å². The van der Waals surface area contributed by atoms with Gasteiger partial charge in [-0.15, -0.1) is 0 Å². The molecule has 0 spiro atoms. The van der Waals surface area contributed by atoms with Crippen molar-refractivity contribution >= 4 is 5.69 Å². The molecule has 2 rings (SSSR count). The van der Waals surface area contributed by atoms with Gasteiger partial charge in [-0.3, -0.25) is 10.1 Å². The minimum Gasteiger partial charge on any atom is -0.463 e. The monoisotopic (exact) mass is 235 g/mol. The van der Waals surface area contributed by atoms with Crippen molar-refractivity contribution in [3.05, 3.63) is 34.4 Å². The Bertz CT molecular complexity index is 522. The molecule has 0 atom stereocenters. The van der Waals surface area contributed by atoms with Crippen LogP contribution in [0.5, 0.6) is 6.01 Å². The number of tetrazole rings is 1. The van der Waals surface area contributed by atoms with E-state index in [9.17, 15) is 10.1 Å². The fourth-order valence-electron chi connectivity index (χ4n) is 1.28. The maximum Gasteiger partial charge on any atom is 0.340 e. The number of hydrogen-bond donors (Lipinski definition) is 0. The Morgan fingerprint density at radius 2 is 2.12 bits per heavy atom. The van der Waals surface area contributed by atoms with Crippen molar-refractivity contribution in [3.8, 4) is 11.7 Å². The standard InChI is InChI=1S/C9H9N5O3/c1-2-17-9-10-11-12-13(9)7-3-5-8(6-4-7)14(15)16/h3-6H,2H2,1H3. The van der Waals surface area contributed by atoms with E-state index in [1.165, 1.54) is 16.8 Å². The van der Waals surface area contributed by atoms with Crippen LogP contribution in [0.4, 0.5) is 5.69 Å². The Labute approximate surface area is 96.0 Å².